The number of aryl methyl sites for hydroxylation is 1. The van der Waals surface area contributed by atoms with Crippen LogP contribution in [0.1, 0.15) is 51.0 Å². The van der Waals surface area contributed by atoms with Crippen molar-refractivity contribution >= 4 is 17.9 Å². The minimum absolute atomic E-state index is 0.00519. The summed E-state index contributed by atoms with van der Waals surface area (Å²) in [7, 11) is 0. The van der Waals surface area contributed by atoms with Gasteiger partial charge in [0.2, 0.25) is 0 Å². The molecule has 0 aliphatic carbocycles. The Kier molecular flexibility index (Phi) is 9.20. The highest BCUT2D eigenvalue weighted by molar-refractivity contribution is 5.84. The second-order valence-electron chi connectivity index (χ2n) is 8.50. The minimum Gasteiger partial charge on any atom is -0.481 e. The summed E-state index contributed by atoms with van der Waals surface area (Å²) in [5.41, 5.74) is 10.7. The van der Waals surface area contributed by atoms with Gasteiger partial charge in [-0.3, -0.25) is 15.2 Å². The molecule has 3 rings (SSSR count). The monoisotopic (exact) mass is 453 g/mol. The first-order valence-electron chi connectivity index (χ1n) is 10.8. The van der Waals surface area contributed by atoms with Gasteiger partial charge in [-0.15, -0.1) is 5.11 Å². The van der Waals surface area contributed by atoms with Gasteiger partial charge in [-0.2, -0.15) is 0 Å². The number of amides is 1. The number of carbonyl (C=O) groups excluding carboxylic acids is 1. The zero-order chi connectivity index (χ0) is 24.5. The third kappa shape index (κ3) is 7.78. The number of benzene rings is 1. The number of alkyl carbamates (subject to hydrolysis) is 1. The number of aliphatic carboxylic acids is 1. The van der Waals surface area contributed by atoms with Crippen LogP contribution < -0.4 is 5.32 Å². The fraction of sp³-hybridized carbons (Fsp3) is 0.417. The molecule has 4 N–H and O–H groups in total. The van der Waals surface area contributed by atoms with Gasteiger partial charge in [-0.1, -0.05) is 44.2 Å². The zero-order valence-corrected chi connectivity index (χ0v) is 19.3. The quantitative estimate of drug-likeness (QED) is 0.253. The smallest absolute Gasteiger partial charge is 0.408 e. The summed E-state index contributed by atoms with van der Waals surface area (Å²) in [5.74, 6) is -1.39. The summed E-state index contributed by atoms with van der Waals surface area (Å²) in [4.78, 5) is 26.2. The van der Waals surface area contributed by atoms with Gasteiger partial charge in [0.25, 0.3) is 0 Å². The highest BCUT2D eigenvalue weighted by Crippen LogP contribution is 2.28. The summed E-state index contributed by atoms with van der Waals surface area (Å²) >= 11 is 0. The van der Waals surface area contributed by atoms with Gasteiger partial charge in [0, 0.05) is 23.9 Å². The first-order chi connectivity index (χ1) is 15.6. The molecule has 1 fully saturated rings. The summed E-state index contributed by atoms with van der Waals surface area (Å²) in [5, 5.41) is 21.5. The molecule has 1 aromatic heterocycles. The molecule has 1 amide bonds. The van der Waals surface area contributed by atoms with E-state index in [9.17, 15) is 9.59 Å². The number of ether oxygens (including phenoxy) is 1. The Morgan fingerprint density at radius 2 is 1.85 bits per heavy atom. The molecular formula is C24H31N5O4. The molecule has 2 aromatic rings. The van der Waals surface area contributed by atoms with Crippen LogP contribution in [-0.2, 0) is 9.53 Å². The van der Waals surface area contributed by atoms with Crippen molar-refractivity contribution in [2.75, 3.05) is 0 Å². The number of carbonyl (C=O) groups is 2. The van der Waals surface area contributed by atoms with E-state index < -0.39 is 11.9 Å². The van der Waals surface area contributed by atoms with Crippen LogP contribution in [0.3, 0.4) is 0 Å². The number of cyclic esters (lactones) is 1. The molecule has 176 valence electrons. The molecule has 1 aliphatic heterocycles. The number of carboxylic acids is 1. The number of nitrogens with zero attached hydrogens (tertiary/aromatic N) is 2. The zero-order valence-electron chi connectivity index (χ0n) is 19.3. The standard InChI is InChI=1S/C16H16N2O2.C8H15N3O2/c1-10-3-4-14(9-17-10)12-5-7-13(8-6-12)15-11(2)18-16(19)20-15;1-5(2)3-6(8(12)13)4-7(9)11-10/h3-9,11,15H,1-2H3,(H,18,19);5-6,9-10H,3-4H2,1-2H3,(H,12,13)/t11-,15-;6-/m10/s1. The molecule has 0 unspecified atom stereocenters. The second kappa shape index (κ2) is 11.8. The van der Waals surface area contributed by atoms with E-state index in [-0.39, 0.29) is 36.4 Å². The fourth-order valence-corrected chi connectivity index (χ4v) is 3.49. The number of carboxylic acid groups (broad SMARTS) is 1. The van der Waals surface area contributed by atoms with E-state index in [1.165, 1.54) is 0 Å². The van der Waals surface area contributed by atoms with E-state index in [2.05, 4.69) is 21.5 Å². The van der Waals surface area contributed by atoms with Crippen molar-refractivity contribution in [1.29, 1.82) is 10.9 Å². The van der Waals surface area contributed by atoms with Crippen molar-refractivity contribution in [3.8, 4) is 11.1 Å². The van der Waals surface area contributed by atoms with Gasteiger partial charge in [-0.25, -0.2) is 10.3 Å². The fourth-order valence-electron chi connectivity index (χ4n) is 3.49. The van der Waals surface area contributed by atoms with Crippen LogP contribution in [0.5, 0.6) is 0 Å². The molecule has 1 saturated heterocycles. The maximum absolute atomic E-state index is 11.2. The van der Waals surface area contributed by atoms with Crippen molar-refractivity contribution < 1.29 is 19.4 Å². The lowest BCUT2D eigenvalue weighted by molar-refractivity contribution is -0.142. The Morgan fingerprint density at radius 1 is 1.21 bits per heavy atom. The van der Waals surface area contributed by atoms with Crippen LogP contribution in [0.15, 0.2) is 47.7 Å². The summed E-state index contributed by atoms with van der Waals surface area (Å²) in [6.07, 6.45) is 1.87. The first kappa shape index (κ1) is 25.6. The maximum atomic E-state index is 11.2. The Balaban J connectivity index is 0.000000260. The van der Waals surface area contributed by atoms with Gasteiger partial charge in [0.15, 0.2) is 0 Å². The Labute approximate surface area is 193 Å². The van der Waals surface area contributed by atoms with Crippen LogP contribution in [0.4, 0.5) is 4.79 Å². The van der Waals surface area contributed by atoms with Gasteiger partial charge >= 0.3 is 12.1 Å². The molecule has 33 heavy (non-hydrogen) atoms. The predicted molar refractivity (Wildman–Crippen MR) is 124 cm³/mol. The van der Waals surface area contributed by atoms with E-state index in [0.717, 1.165) is 22.4 Å². The van der Waals surface area contributed by atoms with E-state index in [1.807, 2.05) is 64.2 Å². The van der Waals surface area contributed by atoms with Crippen molar-refractivity contribution in [3.05, 3.63) is 53.9 Å². The second-order valence-corrected chi connectivity index (χ2v) is 8.50. The average Bonchev–Trinajstić information content (AvgIpc) is 3.11. The molecule has 9 heteroatoms. The molecule has 1 aliphatic rings. The van der Waals surface area contributed by atoms with E-state index >= 15 is 0 Å². The number of aromatic nitrogens is 1. The SMILES string of the molecule is CC(C)C[C@@H](CC(=N)N=N)C(=O)O.Cc1ccc(-c2ccc([C@@H]3OC(=O)N[C@@H]3C)cc2)cn1. The number of hydrogen-bond acceptors (Lipinski definition) is 6. The Hall–Kier alpha value is -3.62. The Morgan fingerprint density at radius 3 is 2.30 bits per heavy atom. The Bertz CT molecular complexity index is 973. The third-order valence-corrected chi connectivity index (χ3v) is 5.20. The van der Waals surface area contributed by atoms with Crippen LogP contribution in [0.25, 0.3) is 11.1 Å². The average molecular weight is 454 g/mol. The third-order valence-electron chi connectivity index (χ3n) is 5.20. The maximum Gasteiger partial charge on any atom is 0.408 e. The van der Waals surface area contributed by atoms with Crippen molar-refractivity contribution in [2.24, 2.45) is 17.0 Å². The van der Waals surface area contributed by atoms with E-state index in [4.69, 9.17) is 20.8 Å². The molecule has 0 radical (unpaired) electrons. The molecule has 0 bridgehead atoms. The lowest BCUT2D eigenvalue weighted by atomic mass is 9.94. The van der Waals surface area contributed by atoms with Crippen molar-refractivity contribution in [2.45, 2.75) is 52.7 Å². The lowest BCUT2D eigenvalue weighted by Gasteiger charge is -2.13. The molecule has 0 spiro atoms. The van der Waals surface area contributed by atoms with Gasteiger partial charge < -0.3 is 15.2 Å². The van der Waals surface area contributed by atoms with E-state index in [1.54, 1.807) is 0 Å². The molecule has 0 saturated carbocycles. The first-order valence-corrected chi connectivity index (χ1v) is 10.8. The largest absolute Gasteiger partial charge is 0.481 e. The van der Waals surface area contributed by atoms with Crippen LogP contribution in [0.2, 0.25) is 0 Å². The summed E-state index contributed by atoms with van der Waals surface area (Å²) in [6.45, 7) is 7.76. The molecule has 3 atom stereocenters. The topological polar surface area (TPSA) is 149 Å². The van der Waals surface area contributed by atoms with Gasteiger partial charge in [-0.05, 0) is 43.4 Å². The highest BCUT2D eigenvalue weighted by Gasteiger charge is 2.31. The lowest BCUT2D eigenvalue weighted by Crippen LogP contribution is -2.23. The van der Waals surface area contributed by atoms with Crippen LogP contribution in [0, 0.1) is 29.7 Å². The number of nitrogens with one attached hydrogen (secondary N) is 3. The molecule has 2 heterocycles. The number of hydrogen-bond donors (Lipinski definition) is 4. The number of rotatable bonds is 7. The normalized spacial score (nSPS) is 17.9. The number of amidine groups is 1. The number of pyridine rings is 1. The van der Waals surface area contributed by atoms with Crippen LogP contribution >= 0.6 is 0 Å². The molecule has 9 nitrogen and oxygen atoms in total. The van der Waals surface area contributed by atoms with Crippen LogP contribution in [-0.4, -0.2) is 34.0 Å². The molecular weight excluding hydrogens is 422 g/mol. The van der Waals surface area contributed by atoms with Gasteiger partial charge in [0.1, 0.15) is 11.9 Å². The highest BCUT2D eigenvalue weighted by atomic mass is 16.6. The summed E-state index contributed by atoms with van der Waals surface area (Å²) in [6, 6.07) is 12.1. The minimum atomic E-state index is -0.915. The molecule has 1 aromatic carbocycles. The van der Waals surface area contributed by atoms with Crippen molar-refractivity contribution in [1.82, 2.24) is 10.3 Å². The van der Waals surface area contributed by atoms with E-state index in [0.29, 0.717) is 6.42 Å². The summed E-state index contributed by atoms with van der Waals surface area (Å²) < 4.78 is 5.26. The van der Waals surface area contributed by atoms with Gasteiger partial charge in [0.05, 0.1) is 12.0 Å². The van der Waals surface area contributed by atoms with Crippen molar-refractivity contribution in [3.63, 3.8) is 0 Å². The predicted octanol–water partition coefficient (Wildman–Crippen LogP) is 5.36.